The predicted octanol–water partition coefficient (Wildman–Crippen LogP) is 3.06. The van der Waals surface area contributed by atoms with Crippen LogP contribution in [0, 0.1) is 6.92 Å². The van der Waals surface area contributed by atoms with E-state index in [2.05, 4.69) is 15.3 Å². The van der Waals surface area contributed by atoms with E-state index in [4.69, 9.17) is 0 Å². The van der Waals surface area contributed by atoms with E-state index < -0.39 is 6.04 Å². The maximum Gasteiger partial charge on any atom is 0.248 e. The lowest BCUT2D eigenvalue weighted by atomic mass is 10.1. The van der Waals surface area contributed by atoms with Gasteiger partial charge >= 0.3 is 0 Å². The van der Waals surface area contributed by atoms with Crippen LogP contribution >= 0.6 is 11.3 Å². The Balaban J connectivity index is 1.54. The summed E-state index contributed by atoms with van der Waals surface area (Å²) in [5.41, 5.74) is 2.05. The van der Waals surface area contributed by atoms with Crippen LogP contribution in [-0.2, 0) is 16.1 Å². The molecule has 2 aromatic heterocycles. The topological polar surface area (TPSA) is 78.1 Å². The number of carbonyl (C=O) groups is 2. The van der Waals surface area contributed by atoms with Crippen LogP contribution in [0.2, 0.25) is 0 Å². The van der Waals surface area contributed by atoms with Crippen LogP contribution in [0.1, 0.15) is 23.3 Å². The summed E-state index contributed by atoms with van der Waals surface area (Å²) < 4.78 is 0. The van der Waals surface area contributed by atoms with Crippen molar-refractivity contribution in [3.63, 3.8) is 0 Å². The molecule has 1 atom stereocenters. The summed E-state index contributed by atoms with van der Waals surface area (Å²) in [5, 5.41) is 4.50. The second-order valence-corrected chi connectivity index (χ2v) is 7.44. The Morgan fingerprint density at radius 1 is 1.44 bits per heavy atom. The van der Waals surface area contributed by atoms with Crippen molar-refractivity contribution >= 4 is 39.2 Å². The third-order valence-corrected chi connectivity index (χ3v) is 5.33. The number of H-pyrrole nitrogens is 1. The standard InChI is InChI=1S/C18H18N4O2S/c1-11-8-20-18(25-11)21-17(24)15-6-7-16(23)22(15)10-12-9-19-14-5-3-2-4-13(12)14/h2-5,8-9,15,19H,6-7,10H2,1H3,(H,20,21,24). The summed E-state index contributed by atoms with van der Waals surface area (Å²) >= 11 is 1.43. The number of aromatic amines is 1. The van der Waals surface area contributed by atoms with E-state index in [9.17, 15) is 9.59 Å². The highest BCUT2D eigenvalue weighted by molar-refractivity contribution is 7.15. The first kappa shape index (κ1) is 15.8. The van der Waals surface area contributed by atoms with Crippen molar-refractivity contribution in [1.29, 1.82) is 0 Å². The maximum atomic E-state index is 12.6. The Kier molecular flexibility index (Phi) is 4.01. The van der Waals surface area contributed by atoms with Crippen LogP contribution in [-0.4, -0.2) is 32.7 Å². The number of anilines is 1. The molecular formula is C18H18N4O2S. The highest BCUT2D eigenvalue weighted by Gasteiger charge is 2.36. The molecule has 1 aliphatic heterocycles. The van der Waals surface area contributed by atoms with Crippen LogP contribution in [0.3, 0.4) is 0 Å². The third-order valence-electron chi connectivity index (χ3n) is 4.50. The smallest absolute Gasteiger partial charge is 0.248 e. The largest absolute Gasteiger partial charge is 0.361 e. The second kappa shape index (κ2) is 6.33. The highest BCUT2D eigenvalue weighted by atomic mass is 32.1. The zero-order valence-electron chi connectivity index (χ0n) is 13.8. The molecule has 25 heavy (non-hydrogen) atoms. The number of rotatable bonds is 4. The Bertz CT molecular complexity index is 945. The van der Waals surface area contributed by atoms with Gasteiger partial charge < -0.3 is 15.2 Å². The second-order valence-electron chi connectivity index (χ2n) is 6.20. The number of nitrogens with one attached hydrogen (secondary N) is 2. The van der Waals surface area contributed by atoms with Gasteiger partial charge in [0.05, 0.1) is 0 Å². The minimum Gasteiger partial charge on any atom is -0.361 e. The molecule has 2 N–H and O–H groups in total. The molecule has 2 amide bonds. The summed E-state index contributed by atoms with van der Waals surface area (Å²) in [6, 6.07) is 7.51. The average molecular weight is 354 g/mol. The fourth-order valence-electron chi connectivity index (χ4n) is 3.25. The van der Waals surface area contributed by atoms with Crippen LogP contribution in [0.15, 0.2) is 36.7 Å². The van der Waals surface area contributed by atoms with Crippen molar-refractivity contribution in [2.75, 3.05) is 5.32 Å². The molecule has 1 aromatic carbocycles. The fraction of sp³-hybridized carbons (Fsp3) is 0.278. The molecule has 1 aliphatic rings. The van der Waals surface area contributed by atoms with Gasteiger partial charge in [-0.05, 0) is 25.0 Å². The quantitative estimate of drug-likeness (QED) is 0.756. The minimum atomic E-state index is -0.453. The van der Waals surface area contributed by atoms with Gasteiger partial charge in [0, 0.05) is 41.1 Å². The lowest BCUT2D eigenvalue weighted by Crippen LogP contribution is -2.41. The minimum absolute atomic E-state index is 0.0146. The van der Waals surface area contributed by atoms with E-state index in [-0.39, 0.29) is 11.8 Å². The van der Waals surface area contributed by atoms with Gasteiger partial charge in [0.25, 0.3) is 0 Å². The van der Waals surface area contributed by atoms with E-state index in [0.717, 1.165) is 21.3 Å². The Hall–Kier alpha value is -2.67. The zero-order valence-corrected chi connectivity index (χ0v) is 14.6. The third kappa shape index (κ3) is 3.02. The number of aromatic nitrogens is 2. The van der Waals surface area contributed by atoms with E-state index in [1.165, 1.54) is 11.3 Å². The van der Waals surface area contributed by atoms with Crippen molar-refractivity contribution in [1.82, 2.24) is 14.9 Å². The lowest BCUT2D eigenvalue weighted by Gasteiger charge is -2.23. The van der Waals surface area contributed by atoms with Gasteiger partial charge in [0.1, 0.15) is 6.04 Å². The normalized spacial score (nSPS) is 17.4. The average Bonchev–Trinajstić information content (AvgIpc) is 3.29. The molecular weight excluding hydrogens is 336 g/mol. The van der Waals surface area contributed by atoms with Gasteiger partial charge in [-0.3, -0.25) is 9.59 Å². The molecule has 0 aliphatic carbocycles. The number of carbonyl (C=O) groups excluding carboxylic acids is 2. The highest BCUT2D eigenvalue weighted by Crippen LogP contribution is 2.27. The van der Waals surface area contributed by atoms with Gasteiger partial charge in [-0.15, -0.1) is 11.3 Å². The van der Waals surface area contributed by atoms with Crippen molar-refractivity contribution < 1.29 is 9.59 Å². The summed E-state index contributed by atoms with van der Waals surface area (Å²) in [6.45, 7) is 2.37. The molecule has 4 rings (SSSR count). The monoisotopic (exact) mass is 354 g/mol. The number of nitrogens with zero attached hydrogens (tertiary/aromatic N) is 2. The Morgan fingerprint density at radius 3 is 3.08 bits per heavy atom. The number of para-hydroxylation sites is 1. The Labute approximate surface area is 148 Å². The van der Waals surface area contributed by atoms with Crippen molar-refractivity contribution in [3.8, 4) is 0 Å². The van der Waals surface area contributed by atoms with E-state index in [0.29, 0.717) is 24.5 Å². The fourth-order valence-corrected chi connectivity index (χ4v) is 3.92. The summed E-state index contributed by atoms with van der Waals surface area (Å²) in [5.74, 6) is -0.152. The van der Waals surface area contributed by atoms with Crippen LogP contribution in [0.4, 0.5) is 5.13 Å². The van der Waals surface area contributed by atoms with Gasteiger partial charge in [0.2, 0.25) is 11.8 Å². The van der Waals surface area contributed by atoms with Gasteiger partial charge in [-0.1, -0.05) is 18.2 Å². The number of hydrogen-bond donors (Lipinski definition) is 2. The van der Waals surface area contributed by atoms with Crippen LogP contribution in [0.25, 0.3) is 10.9 Å². The molecule has 3 heterocycles. The molecule has 3 aromatic rings. The number of benzene rings is 1. The van der Waals surface area contributed by atoms with Gasteiger partial charge in [-0.2, -0.15) is 0 Å². The van der Waals surface area contributed by atoms with E-state index >= 15 is 0 Å². The number of likely N-dealkylation sites (tertiary alicyclic amines) is 1. The summed E-state index contributed by atoms with van der Waals surface area (Å²) in [6.07, 6.45) is 4.58. The molecule has 0 saturated carbocycles. The molecule has 1 fully saturated rings. The number of fused-ring (bicyclic) bond motifs is 1. The number of thiazole rings is 1. The molecule has 128 valence electrons. The maximum absolute atomic E-state index is 12.6. The van der Waals surface area contributed by atoms with Crippen LogP contribution < -0.4 is 5.32 Å². The first-order valence-electron chi connectivity index (χ1n) is 8.19. The van der Waals surface area contributed by atoms with Crippen molar-refractivity contribution in [3.05, 3.63) is 47.1 Å². The number of aryl methyl sites for hydroxylation is 1. The Morgan fingerprint density at radius 2 is 2.28 bits per heavy atom. The number of hydrogen-bond acceptors (Lipinski definition) is 4. The molecule has 1 unspecified atom stereocenters. The molecule has 0 spiro atoms. The molecule has 6 nitrogen and oxygen atoms in total. The number of amides is 2. The molecule has 0 radical (unpaired) electrons. The zero-order chi connectivity index (χ0) is 17.4. The van der Waals surface area contributed by atoms with E-state index in [1.807, 2.05) is 37.4 Å². The lowest BCUT2D eigenvalue weighted by molar-refractivity contribution is -0.133. The van der Waals surface area contributed by atoms with Crippen molar-refractivity contribution in [2.45, 2.75) is 32.4 Å². The van der Waals surface area contributed by atoms with Crippen LogP contribution in [0.5, 0.6) is 0 Å². The molecule has 0 bridgehead atoms. The SMILES string of the molecule is Cc1cnc(NC(=O)C2CCC(=O)N2Cc2c[nH]c3ccccc23)s1. The first-order chi connectivity index (χ1) is 12.1. The predicted molar refractivity (Wildman–Crippen MR) is 97.4 cm³/mol. The summed E-state index contributed by atoms with van der Waals surface area (Å²) in [4.78, 5) is 35.0. The first-order valence-corrected chi connectivity index (χ1v) is 9.01. The van der Waals surface area contributed by atoms with Gasteiger partial charge in [-0.25, -0.2) is 4.98 Å². The molecule has 1 saturated heterocycles. The molecule has 7 heteroatoms. The van der Waals surface area contributed by atoms with E-state index in [1.54, 1.807) is 11.1 Å². The van der Waals surface area contributed by atoms with Crippen molar-refractivity contribution in [2.24, 2.45) is 0 Å². The van der Waals surface area contributed by atoms with Gasteiger partial charge in [0.15, 0.2) is 5.13 Å². The summed E-state index contributed by atoms with van der Waals surface area (Å²) in [7, 11) is 0.